The van der Waals surface area contributed by atoms with Crippen LogP contribution in [0.25, 0.3) is 0 Å². The van der Waals surface area contributed by atoms with Crippen LogP contribution in [0.3, 0.4) is 0 Å². The summed E-state index contributed by atoms with van der Waals surface area (Å²) in [4.78, 5) is 8.55. The molecular weight excluding hydrogens is 344 g/mol. The number of benzene rings is 1. The fourth-order valence-electron chi connectivity index (χ4n) is 2.40. The summed E-state index contributed by atoms with van der Waals surface area (Å²) in [6, 6.07) is 5.86. The predicted molar refractivity (Wildman–Crippen MR) is 106 cm³/mol. The highest BCUT2D eigenvalue weighted by atomic mass is 16.5. The molecule has 7 heteroatoms. The van der Waals surface area contributed by atoms with Crippen molar-refractivity contribution >= 4 is 5.96 Å². The standard InChI is InChI=1S/C20H30N4O3/c1-7-26-16-10-14(8-9-15(16)25-6)11-23-19(21-5)24-13-18-22-12-17(27-18)20(2,3)4/h8-10,12H,7,11,13H2,1-6H3,(H2,21,23,24). The molecule has 1 aromatic heterocycles. The number of nitrogens with one attached hydrogen (secondary N) is 2. The second-order valence-electron chi connectivity index (χ2n) is 7.07. The van der Waals surface area contributed by atoms with E-state index in [0.717, 1.165) is 22.8 Å². The Kier molecular flexibility index (Phi) is 7.10. The first-order valence-electron chi connectivity index (χ1n) is 9.06. The average molecular weight is 374 g/mol. The molecule has 0 saturated carbocycles. The molecule has 7 nitrogen and oxygen atoms in total. The van der Waals surface area contributed by atoms with Gasteiger partial charge in [-0.3, -0.25) is 4.99 Å². The molecule has 0 aliphatic rings. The van der Waals surface area contributed by atoms with E-state index in [-0.39, 0.29) is 5.41 Å². The Morgan fingerprint density at radius 2 is 1.93 bits per heavy atom. The number of aromatic nitrogens is 1. The predicted octanol–water partition coefficient (Wildman–Crippen LogP) is 3.24. The van der Waals surface area contributed by atoms with Crippen molar-refractivity contribution in [2.45, 2.75) is 46.2 Å². The third-order valence-corrected chi connectivity index (χ3v) is 3.91. The molecule has 0 bridgehead atoms. The van der Waals surface area contributed by atoms with Gasteiger partial charge in [0.2, 0.25) is 5.89 Å². The number of oxazole rings is 1. The molecule has 0 saturated heterocycles. The Morgan fingerprint density at radius 1 is 1.19 bits per heavy atom. The zero-order chi connectivity index (χ0) is 19.9. The van der Waals surface area contributed by atoms with E-state index in [9.17, 15) is 0 Å². The van der Waals surface area contributed by atoms with Gasteiger partial charge in [0.25, 0.3) is 0 Å². The van der Waals surface area contributed by atoms with Crippen molar-refractivity contribution in [3.63, 3.8) is 0 Å². The van der Waals surface area contributed by atoms with Gasteiger partial charge in [0.05, 0.1) is 26.5 Å². The van der Waals surface area contributed by atoms with Crippen LogP contribution >= 0.6 is 0 Å². The van der Waals surface area contributed by atoms with Crippen LogP contribution in [0, 0.1) is 0 Å². The van der Waals surface area contributed by atoms with Crippen LogP contribution in [0.5, 0.6) is 11.5 Å². The van der Waals surface area contributed by atoms with Gasteiger partial charge in [-0.15, -0.1) is 0 Å². The van der Waals surface area contributed by atoms with Crippen LogP contribution in [0.4, 0.5) is 0 Å². The number of ether oxygens (including phenoxy) is 2. The third-order valence-electron chi connectivity index (χ3n) is 3.91. The maximum absolute atomic E-state index is 5.79. The number of aliphatic imine (C=N–C) groups is 1. The van der Waals surface area contributed by atoms with Gasteiger partial charge in [-0.05, 0) is 24.6 Å². The molecule has 0 radical (unpaired) electrons. The van der Waals surface area contributed by atoms with Gasteiger partial charge in [0.15, 0.2) is 17.5 Å². The summed E-state index contributed by atoms with van der Waals surface area (Å²) in [7, 11) is 3.36. The maximum Gasteiger partial charge on any atom is 0.213 e. The minimum atomic E-state index is -0.0577. The minimum Gasteiger partial charge on any atom is -0.493 e. The monoisotopic (exact) mass is 374 g/mol. The second kappa shape index (κ2) is 9.30. The molecule has 0 aliphatic carbocycles. The number of rotatable bonds is 7. The summed E-state index contributed by atoms with van der Waals surface area (Å²) in [6.07, 6.45) is 1.78. The van der Waals surface area contributed by atoms with Crippen molar-refractivity contribution in [2.24, 2.45) is 4.99 Å². The summed E-state index contributed by atoms with van der Waals surface area (Å²) < 4.78 is 16.7. The van der Waals surface area contributed by atoms with Crippen molar-refractivity contribution in [3.05, 3.63) is 41.6 Å². The molecule has 0 aliphatic heterocycles. The Bertz CT molecular complexity index is 763. The number of hydrogen-bond donors (Lipinski definition) is 2. The lowest BCUT2D eigenvalue weighted by Crippen LogP contribution is -2.36. The molecule has 0 atom stereocenters. The van der Waals surface area contributed by atoms with Crippen LogP contribution in [0.1, 0.15) is 44.9 Å². The van der Waals surface area contributed by atoms with E-state index in [1.54, 1.807) is 20.4 Å². The van der Waals surface area contributed by atoms with Crippen molar-refractivity contribution in [1.82, 2.24) is 15.6 Å². The van der Waals surface area contributed by atoms with E-state index in [4.69, 9.17) is 13.9 Å². The zero-order valence-electron chi connectivity index (χ0n) is 17.0. The van der Waals surface area contributed by atoms with E-state index in [1.807, 2.05) is 25.1 Å². The normalized spacial score (nSPS) is 12.0. The first-order valence-corrected chi connectivity index (χ1v) is 9.06. The molecule has 148 valence electrons. The van der Waals surface area contributed by atoms with Gasteiger partial charge in [0.1, 0.15) is 5.76 Å². The lowest BCUT2D eigenvalue weighted by molar-refractivity contribution is 0.310. The van der Waals surface area contributed by atoms with Gasteiger partial charge in [-0.1, -0.05) is 26.8 Å². The number of hydrogen-bond acceptors (Lipinski definition) is 5. The largest absolute Gasteiger partial charge is 0.493 e. The van der Waals surface area contributed by atoms with Crippen LogP contribution in [0.15, 0.2) is 33.8 Å². The van der Waals surface area contributed by atoms with Crippen LogP contribution in [-0.2, 0) is 18.5 Å². The van der Waals surface area contributed by atoms with Gasteiger partial charge >= 0.3 is 0 Å². The van der Waals surface area contributed by atoms with E-state index < -0.39 is 0 Å². The number of guanidine groups is 1. The van der Waals surface area contributed by atoms with Crippen molar-refractivity contribution in [2.75, 3.05) is 20.8 Å². The number of nitrogens with zero attached hydrogens (tertiary/aromatic N) is 2. The summed E-state index contributed by atoms with van der Waals surface area (Å²) in [5.74, 6) is 3.62. The Hall–Kier alpha value is -2.70. The SMILES string of the molecule is CCOc1cc(CNC(=NC)NCc2ncc(C(C)(C)C)o2)ccc1OC. The molecular formula is C20H30N4O3. The van der Waals surface area contributed by atoms with Crippen LogP contribution in [-0.4, -0.2) is 31.7 Å². The highest BCUT2D eigenvalue weighted by Crippen LogP contribution is 2.28. The van der Waals surface area contributed by atoms with Crippen LogP contribution < -0.4 is 20.1 Å². The fourth-order valence-corrected chi connectivity index (χ4v) is 2.40. The summed E-state index contributed by atoms with van der Waals surface area (Å²) in [5, 5.41) is 6.48. The lowest BCUT2D eigenvalue weighted by atomic mass is 9.94. The first-order chi connectivity index (χ1) is 12.9. The molecule has 1 heterocycles. The molecule has 2 N–H and O–H groups in total. The molecule has 1 aromatic carbocycles. The molecule has 0 unspecified atom stereocenters. The molecule has 0 amide bonds. The Balaban J connectivity index is 1.92. The van der Waals surface area contributed by atoms with Crippen molar-refractivity contribution in [1.29, 1.82) is 0 Å². The Morgan fingerprint density at radius 3 is 2.52 bits per heavy atom. The van der Waals surface area contributed by atoms with E-state index >= 15 is 0 Å². The average Bonchev–Trinajstić information content (AvgIpc) is 3.12. The molecule has 0 spiro atoms. The van der Waals surface area contributed by atoms with Crippen molar-refractivity contribution in [3.8, 4) is 11.5 Å². The van der Waals surface area contributed by atoms with Crippen molar-refractivity contribution < 1.29 is 13.9 Å². The number of methoxy groups -OCH3 is 1. The van der Waals surface area contributed by atoms with Gasteiger partial charge in [-0.2, -0.15) is 0 Å². The molecule has 27 heavy (non-hydrogen) atoms. The van der Waals surface area contributed by atoms with Gasteiger partial charge in [-0.25, -0.2) is 4.98 Å². The quantitative estimate of drug-likeness (QED) is 0.572. The summed E-state index contributed by atoms with van der Waals surface area (Å²) >= 11 is 0. The fraction of sp³-hybridized carbons (Fsp3) is 0.500. The minimum absolute atomic E-state index is 0.0577. The van der Waals surface area contributed by atoms with Gasteiger partial charge < -0.3 is 24.5 Å². The molecule has 2 aromatic rings. The Labute approximate surface area is 161 Å². The smallest absolute Gasteiger partial charge is 0.213 e. The topological polar surface area (TPSA) is 80.9 Å². The van der Waals surface area contributed by atoms with E-state index in [0.29, 0.717) is 31.5 Å². The molecule has 0 fully saturated rings. The van der Waals surface area contributed by atoms with Crippen LogP contribution in [0.2, 0.25) is 0 Å². The maximum atomic E-state index is 5.79. The second-order valence-corrected chi connectivity index (χ2v) is 7.07. The molecule has 2 rings (SSSR count). The summed E-state index contributed by atoms with van der Waals surface area (Å²) in [6.45, 7) is 9.88. The highest BCUT2D eigenvalue weighted by molar-refractivity contribution is 5.79. The lowest BCUT2D eigenvalue weighted by Gasteiger charge is -2.14. The van der Waals surface area contributed by atoms with E-state index in [2.05, 4.69) is 41.4 Å². The zero-order valence-corrected chi connectivity index (χ0v) is 17.0. The van der Waals surface area contributed by atoms with Gasteiger partial charge in [0, 0.05) is 19.0 Å². The van der Waals surface area contributed by atoms with E-state index in [1.165, 1.54) is 0 Å². The summed E-state index contributed by atoms with van der Waals surface area (Å²) in [5.41, 5.74) is 1.01. The third kappa shape index (κ3) is 5.91. The first kappa shape index (κ1) is 20.6. The highest BCUT2D eigenvalue weighted by Gasteiger charge is 2.19.